The summed E-state index contributed by atoms with van der Waals surface area (Å²) in [7, 11) is 0. The first-order chi connectivity index (χ1) is 7.69. The Balaban J connectivity index is 2.34. The van der Waals surface area contributed by atoms with Gasteiger partial charge in [-0.3, -0.25) is 0 Å². The predicted octanol–water partition coefficient (Wildman–Crippen LogP) is 2.60. The minimum absolute atomic E-state index is 0.705. The first kappa shape index (κ1) is 11.0. The number of aryl methyl sites for hydroxylation is 2. The topological polar surface area (TPSA) is 30.9 Å². The SMILES string of the molecule is Cc1cc(C)cc(-n2ccc(CCN)c2)c1. The highest BCUT2D eigenvalue weighted by Gasteiger charge is 2.00. The molecule has 0 saturated carbocycles. The van der Waals surface area contributed by atoms with E-state index < -0.39 is 0 Å². The third-order valence-electron chi connectivity index (χ3n) is 2.69. The molecule has 0 fully saturated rings. The van der Waals surface area contributed by atoms with Crippen molar-refractivity contribution < 1.29 is 0 Å². The van der Waals surface area contributed by atoms with E-state index in [2.05, 4.69) is 55.1 Å². The zero-order valence-electron chi connectivity index (χ0n) is 9.90. The molecule has 0 aliphatic heterocycles. The molecule has 1 aromatic heterocycles. The molecule has 0 saturated heterocycles. The highest BCUT2D eigenvalue weighted by atomic mass is 14.9. The van der Waals surface area contributed by atoms with Crippen LogP contribution in [0.15, 0.2) is 36.7 Å². The minimum atomic E-state index is 0.705. The Hall–Kier alpha value is -1.54. The van der Waals surface area contributed by atoms with E-state index in [9.17, 15) is 0 Å². The average Bonchev–Trinajstić information content (AvgIpc) is 2.65. The van der Waals surface area contributed by atoms with Crippen molar-refractivity contribution >= 4 is 0 Å². The number of benzene rings is 1. The van der Waals surface area contributed by atoms with E-state index in [0.29, 0.717) is 6.54 Å². The molecule has 0 bridgehead atoms. The summed E-state index contributed by atoms with van der Waals surface area (Å²) in [6.45, 7) is 4.96. The molecular weight excluding hydrogens is 196 g/mol. The molecule has 0 aliphatic rings. The fraction of sp³-hybridized carbons (Fsp3) is 0.286. The van der Waals surface area contributed by atoms with E-state index in [-0.39, 0.29) is 0 Å². The van der Waals surface area contributed by atoms with Gasteiger partial charge in [-0.2, -0.15) is 0 Å². The number of nitrogens with zero attached hydrogens (tertiary/aromatic N) is 1. The second-order valence-corrected chi connectivity index (χ2v) is 4.31. The molecule has 0 spiro atoms. The van der Waals surface area contributed by atoms with Crippen molar-refractivity contribution in [2.45, 2.75) is 20.3 Å². The van der Waals surface area contributed by atoms with E-state index in [1.165, 1.54) is 22.4 Å². The lowest BCUT2D eigenvalue weighted by Crippen LogP contribution is -2.01. The zero-order chi connectivity index (χ0) is 11.5. The minimum Gasteiger partial charge on any atom is -0.330 e. The fourth-order valence-electron chi connectivity index (χ4n) is 2.02. The summed E-state index contributed by atoms with van der Waals surface area (Å²) in [4.78, 5) is 0. The number of aromatic nitrogens is 1. The molecule has 16 heavy (non-hydrogen) atoms. The van der Waals surface area contributed by atoms with Crippen molar-refractivity contribution in [2.24, 2.45) is 5.73 Å². The van der Waals surface area contributed by atoms with Gasteiger partial charge in [0.05, 0.1) is 0 Å². The van der Waals surface area contributed by atoms with Crippen LogP contribution in [0.25, 0.3) is 5.69 Å². The van der Waals surface area contributed by atoms with Gasteiger partial charge in [-0.25, -0.2) is 0 Å². The van der Waals surface area contributed by atoms with Crippen LogP contribution in [-0.4, -0.2) is 11.1 Å². The third kappa shape index (κ3) is 2.34. The molecule has 0 radical (unpaired) electrons. The van der Waals surface area contributed by atoms with Crippen LogP contribution in [0, 0.1) is 13.8 Å². The molecule has 0 amide bonds. The number of nitrogens with two attached hydrogens (primary N) is 1. The van der Waals surface area contributed by atoms with E-state index in [1.807, 2.05) is 0 Å². The van der Waals surface area contributed by atoms with Crippen LogP contribution in [0.1, 0.15) is 16.7 Å². The van der Waals surface area contributed by atoms with Crippen LogP contribution < -0.4 is 5.73 Å². The maximum absolute atomic E-state index is 5.55. The van der Waals surface area contributed by atoms with Crippen molar-refractivity contribution in [1.82, 2.24) is 4.57 Å². The second kappa shape index (κ2) is 4.54. The normalized spacial score (nSPS) is 10.7. The van der Waals surface area contributed by atoms with Crippen LogP contribution >= 0.6 is 0 Å². The van der Waals surface area contributed by atoms with Gasteiger partial charge in [0.25, 0.3) is 0 Å². The monoisotopic (exact) mass is 214 g/mol. The van der Waals surface area contributed by atoms with Gasteiger partial charge in [-0.1, -0.05) is 6.07 Å². The Bertz CT molecular complexity index is 463. The van der Waals surface area contributed by atoms with Crippen LogP contribution in [0.2, 0.25) is 0 Å². The second-order valence-electron chi connectivity index (χ2n) is 4.31. The van der Waals surface area contributed by atoms with Crippen molar-refractivity contribution in [3.8, 4) is 5.69 Å². The molecule has 1 aromatic carbocycles. The van der Waals surface area contributed by atoms with Crippen LogP contribution in [0.5, 0.6) is 0 Å². The highest BCUT2D eigenvalue weighted by molar-refractivity contribution is 5.40. The fourth-order valence-corrected chi connectivity index (χ4v) is 2.02. The third-order valence-corrected chi connectivity index (χ3v) is 2.69. The van der Waals surface area contributed by atoms with E-state index >= 15 is 0 Å². The predicted molar refractivity (Wildman–Crippen MR) is 68.0 cm³/mol. The number of rotatable bonds is 3. The average molecular weight is 214 g/mol. The van der Waals surface area contributed by atoms with Gasteiger partial charge in [-0.05, 0) is 61.7 Å². The highest BCUT2D eigenvalue weighted by Crippen LogP contribution is 2.15. The van der Waals surface area contributed by atoms with Crippen molar-refractivity contribution in [3.63, 3.8) is 0 Å². The zero-order valence-corrected chi connectivity index (χ0v) is 9.90. The standard InChI is InChI=1S/C14H18N2/c1-11-7-12(2)9-14(8-11)16-6-4-13(10-16)3-5-15/h4,6-10H,3,5,15H2,1-2H3. The maximum Gasteiger partial charge on any atom is 0.0454 e. The lowest BCUT2D eigenvalue weighted by molar-refractivity contribution is 0.961. The number of hydrogen-bond donors (Lipinski definition) is 1. The Morgan fingerprint density at radius 1 is 1.12 bits per heavy atom. The van der Waals surface area contributed by atoms with E-state index in [0.717, 1.165) is 6.42 Å². The van der Waals surface area contributed by atoms with Gasteiger partial charge in [-0.15, -0.1) is 0 Å². The molecule has 84 valence electrons. The van der Waals surface area contributed by atoms with Crippen molar-refractivity contribution in [1.29, 1.82) is 0 Å². The summed E-state index contributed by atoms with van der Waals surface area (Å²) in [5.41, 5.74) is 10.7. The smallest absolute Gasteiger partial charge is 0.0454 e. The largest absolute Gasteiger partial charge is 0.330 e. The summed E-state index contributed by atoms with van der Waals surface area (Å²) in [5.74, 6) is 0. The molecular formula is C14H18N2. The molecule has 2 nitrogen and oxygen atoms in total. The van der Waals surface area contributed by atoms with Crippen molar-refractivity contribution in [3.05, 3.63) is 53.3 Å². The van der Waals surface area contributed by atoms with Crippen LogP contribution in [0.4, 0.5) is 0 Å². The first-order valence-electron chi connectivity index (χ1n) is 5.64. The van der Waals surface area contributed by atoms with E-state index in [1.54, 1.807) is 0 Å². The summed E-state index contributed by atoms with van der Waals surface area (Å²) >= 11 is 0. The Morgan fingerprint density at radius 2 is 1.81 bits per heavy atom. The van der Waals surface area contributed by atoms with Gasteiger partial charge in [0.2, 0.25) is 0 Å². The Labute approximate surface area is 96.7 Å². The quantitative estimate of drug-likeness (QED) is 0.836. The molecule has 2 rings (SSSR count). The number of hydrogen-bond acceptors (Lipinski definition) is 1. The Morgan fingerprint density at radius 3 is 2.44 bits per heavy atom. The van der Waals surface area contributed by atoms with Crippen LogP contribution in [0.3, 0.4) is 0 Å². The molecule has 2 heteroatoms. The summed E-state index contributed by atoms with van der Waals surface area (Å²) in [6, 6.07) is 8.71. The summed E-state index contributed by atoms with van der Waals surface area (Å²) < 4.78 is 2.16. The molecule has 0 atom stereocenters. The molecule has 2 N–H and O–H groups in total. The van der Waals surface area contributed by atoms with Gasteiger partial charge in [0.1, 0.15) is 0 Å². The lowest BCUT2D eigenvalue weighted by atomic mass is 10.1. The van der Waals surface area contributed by atoms with Crippen LogP contribution in [-0.2, 0) is 6.42 Å². The van der Waals surface area contributed by atoms with Gasteiger partial charge in [0.15, 0.2) is 0 Å². The van der Waals surface area contributed by atoms with Gasteiger partial charge < -0.3 is 10.3 Å². The summed E-state index contributed by atoms with van der Waals surface area (Å²) in [6.07, 6.45) is 5.19. The van der Waals surface area contributed by atoms with Gasteiger partial charge >= 0.3 is 0 Å². The van der Waals surface area contributed by atoms with Crippen molar-refractivity contribution in [2.75, 3.05) is 6.54 Å². The first-order valence-corrected chi connectivity index (χ1v) is 5.64. The Kier molecular flexibility index (Phi) is 3.11. The summed E-state index contributed by atoms with van der Waals surface area (Å²) in [5, 5.41) is 0. The molecule has 1 heterocycles. The molecule has 2 aromatic rings. The lowest BCUT2D eigenvalue weighted by Gasteiger charge is -2.06. The van der Waals surface area contributed by atoms with Gasteiger partial charge in [0, 0.05) is 18.1 Å². The maximum atomic E-state index is 5.55. The van der Waals surface area contributed by atoms with E-state index in [4.69, 9.17) is 5.73 Å². The molecule has 0 unspecified atom stereocenters. The molecule has 0 aliphatic carbocycles.